The number of nitrogens with one attached hydrogen (secondary N) is 2. The molecule has 3 aromatic rings. The lowest BCUT2D eigenvalue weighted by Gasteiger charge is -2.14. The van der Waals surface area contributed by atoms with Crippen molar-refractivity contribution in [2.75, 3.05) is 6.54 Å². The third-order valence-electron chi connectivity index (χ3n) is 4.10. The van der Waals surface area contributed by atoms with Gasteiger partial charge in [0, 0.05) is 12.1 Å². The summed E-state index contributed by atoms with van der Waals surface area (Å²) in [7, 11) is 0. The van der Waals surface area contributed by atoms with Gasteiger partial charge < -0.3 is 10.6 Å². The van der Waals surface area contributed by atoms with E-state index < -0.39 is 6.04 Å². The highest BCUT2D eigenvalue weighted by Crippen LogP contribution is 2.21. The van der Waals surface area contributed by atoms with Crippen molar-refractivity contribution in [1.82, 2.24) is 20.4 Å². The maximum Gasteiger partial charge on any atom is 0.270 e. The van der Waals surface area contributed by atoms with E-state index in [-0.39, 0.29) is 11.8 Å². The van der Waals surface area contributed by atoms with Crippen LogP contribution in [0, 0.1) is 0 Å². The zero-order valence-electron chi connectivity index (χ0n) is 15.3. The molecule has 1 atom stereocenters. The summed E-state index contributed by atoms with van der Waals surface area (Å²) in [6, 6.07) is 20.2. The number of likely N-dealkylation sites (N-methyl/N-ethyl adjacent to an activating group) is 1. The highest BCUT2D eigenvalue weighted by Gasteiger charge is 2.21. The summed E-state index contributed by atoms with van der Waals surface area (Å²) in [6.45, 7) is 4.01. The topological polar surface area (TPSA) is 76.0 Å². The van der Waals surface area contributed by atoms with Crippen molar-refractivity contribution in [3.8, 4) is 16.9 Å². The molecule has 0 fully saturated rings. The Labute approximate surface area is 158 Å². The van der Waals surface area contributed by atoms with Gasteiger partial charge in [0.05, 0.1) is 11.4 Å². The molecule has 3 rings (SSSR count). The average Bonchev–Trinajstić information content (AvgIpc) is 3.15. The minimum Gasteiger partial charge on any atom is -0.355 e. The third-order valence-corrected chi connectivity index (χ3v) is 4.10. The quantitative estimate of drug-likeness (QED) is 0.708. The van der Waals surface area contributed by atoms with Gasteiger partial charge in [-0.3, -0.25) is 9.59 Å². The highest BCUT2D eigenvalue weighted by atomic mass is 16.2. The molecule has 27 heavy (non-hydrogen) atoms. The van der Waals surface area contributed by atoms with E-state index in [1.165, 1.54) is 0 Å². The zero-order valence-corrected chi connectivity index (χ0v) is 15.3. The monoisotopic (exact) mass is 362 g/mol. The molecule has 6 nitrogen and oxygen atoms in total. The normalized spacial score (nSPS) is 11.6. The SMILES string of the molecule is CCNC(=O)C(C)NC(=O)c1cc(-c2ccccc2)nn1-c1ccccc1. The van der Waals surface area contributed by atoms with E-state index in [4.69, 9.17) is 0 Å². The molecular weight excluding hydrogens is 340 g/mol. The number of aromatic nitrogens is 2. The van der Waals surface area contributed by atoms with Crippen LogP contribution in [-0.2, 0) is 4.79 Å². The van der Waals surface area contributed by atoms with Crippen LogP contribution in [-0.4, -0.2) is 34.2 Å². The summed E-state index contributed by atoms with van der Waals surface area (Å²) >= 11 is 0. The highest BCUT2D eigenvalue weighted by molar-refractivity contribution is 5.97. The van der Waals surface area contributed by atoms with Crippen LogP contribution in [0.1, 0.15) is 24.3 Å². The molecule has 1 unspecified atom stereocenters. The number of nitrogens with zero attached hydrogens (tertiary/aromatic N) is 2. The first-order chi connectivity index (χ1) is 13.1. The van der Waals surface area contributed by atoms with Crippen molar-refractivity contribution >= 4 is 11.8 Å². The van der Waals surface area contributed by atoms with E-state index >= 15 is 0 Å². The van der Waals surface area contributed by atoms with Crippen LogP contribution in [0.2, 0.25) is 0 Å². The lowest BCUT2D eigenvalue weighted by molar-refractivity contribution is -0.122. The summed E-state index contributed by atoms with van der Waals surface area (Å²) in [6.07, 6.45) is 0. The molecule has 0 saturated carbocycles. The number of para-hydroxylation sites is 1. The van der Waals surface area contributed by atoms with E-state index in [1.54, 1.807) is 17.7 Å². The number of carbonyl (C=O) groups is 2. The van der Waals surface area contributed by atoms with Crippen molar-refractivity contribution in [1.29, 1.82) is 0 Å². The lowest BCUT2D eigenvalue weighted by Crippen LogP contribution is -2.45. The standard InChI is InChI=1S/C21H22N4O2/c1-3-22-20(26)15(2)23-21(27)19-14-18(16-10-6-4-7-11-16)24-25(19)17-12-8-5-9-13-17/h4-15H,3H2,1-2H3,(H,22,26)(H,23,27). The van der Waals surface area contributed by atoms with Gasteiger partial charge in [0.15, 0.2) is 0 Å². The summed E-state index contributed by atoms with van der Waals surface area (Å²) in [5, 5.41) is 10.1. The van der Waals surface area contributed by atoms with Gasteiger partial charge in [-0.25, -0.2) is 4.68 Å². The van der Waals surface area contributed by atoms with Crippen molar-refractivity contribution < 1.29 is 9.59 Å². The fourth-order valence-corrected chi connectivity index (χ4v) is 2.72. The first-order valence-corrected chi connectivity index (χ1v) is 8.89. The molecule has 1 heterocycles. The number of rotatable bonds is 6. The van der Waals surface area contributed by atoms with E-state index in [1.807, 2.05) is 67.6 Å². The number of amides is 2. The van der Waals surface area contributed by atoms with E-state index in [0.717, 1.165) is 11.3 Å². The Morgan fingerprint density at radius 1 is 1.04 bits per heavy atom. The molecule has 2 amide bonds. The van der Waals surface area contributed by atoms with Gasteiger partial charge in [-0.05, 0) is 32.0 Å². The molecule has 138 valence electrons. The van der Waals surface area contributed by atoms with Crippen LogP contribution in [0.3, 0.4) is 0 Å². The van der Waals surface area contributed by atoms with Crippen molar-refractivity contribution in [3.63, 3.8) is 0 Å². The summed E-state index contributed by atoms with van der Waals surface area (Å²) in [4.78, 5) is 24.8. The maximum absolute atomic E-state index is 12.9. The molecule has 0 aliphatic heterocycles. The Kier molecular flexibility index (Phi) is 5.66. The fourth-order valence-electron chi connectivity index (χ4n) is 2.72. The van der Waals surface area contributed by atoms with Crippen LogP contribution < -0.4 is 10.6 Å². The second-order valence-corrected chi connectivity index (χ2v) is 6.12. The van der Waals surface area contributed by atoms with Gasteiger partial charge >= 0.3 is 0 Å². The van der Waals surface area contributed by atoms with Gasteiger partial charge in [0.2, 0.25) is 5.91 Å². The first-order valence-electron chi connectivity index (χ1n) is 8.89. The maximum atomic E-state index is 12.9. The molecule has 1 aromatic heterocycles. The summed E-state index contributed by atoms with van der Waals surface area (Å²) in [5.41, 5.74) is 2.75. The zero-order chi connectivity index (χ0) is 19.2. The van der Waals surface area contributed by atoms with E-state index in [2.05, 4.69) is 15.7 Å². The Bertz CT molecular complexity index is 920. The summed E-state index contributed by atoms with van der Waals surface area (Å²) < 4.78 is 1.60. The number of hydrogen-bond donors (Lipinski definition) is 2. The van der Waals surface area contributed by atoms with Crippen LogP contribution in [0.25, 0.3) is 16.9 Å². The van der Waals surface area contributed by atoms with Gasteiger partial charge in [-0.1, -0.05) is 48.5 Å². The molecule has 0 saturated heterocycles. The second-order valence-electron chi connectivity index (χ2n) is 6.12. The average molecular weight is 362 g/mol. The second kappa shape index (κ2) is 8.31. The van der Waals surface area contributed by atoms with Crippen molar-refractivity contribution in [3.05, 3.63) is 72.4 Å². The molecule has 0 radical (unpaired) electrons. The van der Waals surface area contributed by atoms with Gasteiger partial charge in [-0.15, -0.1) is 0 Å². The minimum absolute atomic E-state index is 0.222. The molecule has 2 aromatic carbocycles. The predicted molar refractivity (Wildman–Crippen MR) is 105 cm³/mol. The molecule has 6 heteroatoms. The van der Waals surface area contributed by atoms with Crippen molar-refractivity contribution in [2.45, 2.75) is 19.9 Å². The molecule has 0 aliphatic carbocycles. The number of carbonyl (C=O) groups excluding carboxylic acids is 2. The molecular formula is C21H22N4O2. The minimum atomic E-state index is -0.642. The Balaban J connectivity index is 1.96. The predicted octanol–water partition coefficient (Wildman–Crippen LogP) is 2.79. The van der Waals surface area contributed by atoms with Crippen molar-refractivity contribution in [2.24, 2.45) is 0 Å². The summed E-state index contributed by atoms with van der Waals surface area (Å²) in [5.74, 6) is -0.577. The van der Waals surface area contributed by atoms with Crippen LogP contribution in [0.4, 0.5) is 0 Å². The largest absolute Gasteiger partial charge is 0.355 e. The Morgan fingerprint density at radius 3 is 2.30 bits per heavy atom. The molecule has 0 aliphatic rings. The first kappa shape index (κ1) is 18.4. The Morgan fingerprint density at radius 2 is 1.67 bits per heavy atom. The van der Waals surface area contributed by atoms with Crippen LogP contribution in [0.15, 0.2) is 66.7 Å². The van der Waals surface area contributed by atoms with Gasteiger partial charge in [0.1, 0.15) is 11.7 Å². The third kappa shape index (κ3) is 4.23. The molecule has 0 spiro atoms. The van der Waals surface area contributed by atoms with E-state index in [9.17, 15) is 9.59 Å². The number of benzene rings is 2. The Hall–Kier alpha value is -3.41. The fraction of sp³-hybridized carbons (Fsp3) is 0.190. The lowest BCUT2D eigenvalue weighted by atomic mass is 10.1. The van der Waals surface area contributed by atoms with Crippen LogP contribution >= 0.6 is 0 Å². The van der Waals surface area contributed by atoms with Gasteiger partial charge in [0.25, 0.3) is 5.91 Å². The van der Waals surface area contributed by atoms with E-state index in [0.29, 0.717) is 17.9 Å². The number of hydrogen-bond acceptors (Lipinski definition) is 3. The molecule has 2 N–H and O–H groups in total. The van der Waals surface area contributed by atoms with Gasteiger partial charge in [-0.2, -0.15) is 5.10 Å². The smallest absolute Gasteiger partial charge is 0.270 e. The molecule has 0 bridgehead atoms. The van der Waals surface area contributed by atoms with Crippen LogP contribution in [0.5, 0.6) is 0 Å².